The smallest absolute Gasteiger partial charge is 0.232 e. The first kappa shape index (κ1) is 21.8. The van der Waals surface area contributed by atoms with Crippen LogP contribution in [0.4, 0.5) is 5.13 Å². The van der Waals surface area contributed by atoms with E-state index in [1.165, 1.54) is 11.3 Å². The molecule has 0 saturated heterocycles. The summed E-state index contributed by atoms with van der Waals surface area (Å²) in [4.78, 5) is 17.5. The number of rotatable bonds is 7. The number of ether oxygens (including phenoxy) is 1. The van der Waals surface area contributed by atoms with E-state index in [4.69, 9.17) is 4.74 Å². The Balaban J connectivity index is 1.68. The van der Waals surface area contributed by atoms with E-state index in [1.807, 2.05) is 61.7 Å². The molecule has 0 spiro atoms. The topological polar surface area (TPSA) is 51.2 Å². The average Bonchev–Trinajstić information content (AvgIpc) is 3.33. The summed E-state index contributed by atoms with van der Waals surface area (Å²) in [7, 11) is 1.67. The summed E-state index contributed by atoms with van der Waals surface area (Å²) in [6.45, 7) is 3.98. The molecular weight excluding hydrogens is 416 g/mol. The highest BCUT2D eigenvalue weighted by Crippen LogP contribution is 2.42. The number of carbonyl (C=O) groups excluding carboxylic acids is 1. The molecule has 1 amide bonds. The zero-order valence-corrected chi connectivity index (χ0v) is 19.2. The van der Waals surface area contributed by atoms with Crippen molar-refractivity contribution in [3.05, 3.63) is 102 Å². The molecule has 1 aromatic heterocycles. The van der Waals surface area contributed by atoms with Gasteiger partial charge in [-0.1, -0.05) is 80.6 Å². The second-order valence-electron chi connectivity index (χ2n) is 8.21. The van der Waals surface area contributed by atoms with E-state index in [0.717, 1.165) is 28.0 Å². The van der Waals surface area contributed by atoms with Crippen molar-refractivity contribution in [2.45, 2.75) is 19.8 Å². The fourth-order valence-electron chi connectivity index (χ4n) is 4.00. The average molecular weight is 443 g/mol. The predicted molar refractivity (Wildman–Crippen MR) is 131 cm³/mol. The molecule has 0 radical (unpaired) electrons. The standard InChI is InChI=1S/C27H26N2O2S/c1-27(2,25(30)29-26-28-17-18-32-26)24(21-7-5-4-6-8-21)22-11-9-19(10-12-22)20-13-15-23(31-3)16-14-20/h4-18,24H,1-3H3,(H,28,29,30). The van der Waals surface area contributed by atoms with Crippen LogP contribution in [0.15, 0.2) is 90.4 Å². The van der Waals surface area contributed by atoms with E-state index in [0.29, 0.717) is 5.13 Å². The van der Waals surface area contributed by atoms with Crippen LogP contribution in [0.1, 0.15) is 30.9 Å². The van der Waals surface area contributed by atoms with Crippen molar-refractivity contribution < 1.29 is 9.53 Å². The van der Waals surface area contributed by atoms with Gasteiger partial charge in [0.25, 0.3) is 0 Å². The molecule has 162 valence electrons. The van der Waals surface area contributed by atoms with Gasteiger partial charge in [-0.2, -0.15) is 0 Å². The Kier molecular flexibility index (Phi) is 6.37. The molecule has 32 heavy (non-hydrogen) atoms. The normalized spacial score (nSPS) is 12.2. The molecule has 0 saturated carbocycles. The summed E-state index contributed by atoms with van der Waals surface area (Å²) in [5.41, 5.74) is 3.73. The number of hydrogen-bond donors (Lipinski definition) is 1. The number of hydrogen-bond acceptors (Lipinski definition) is 4. The Labute approximate surface area is 192 Å². The summed E-state index contributed by atoms with van der Waals surface area (Å²) in [6.07, 6.45) is 1.69. The fraction of sp³-hybridized carbons (Fsp3) is 0.185. The minimum atomic E-state index is -0.700. The third-order valence-electron chi connectivity index (χ3n) is 5.76. The lowest BCUT2D eigenvalue weighted by Crippen LogP contribution is -2.37. The number of methoxy groups -OCH3 is 1. The summed E-state index contributed by atoms with van der Waals surface area (Å²) in [5, 5.41) is 5.46. The van der Waals surface area contributed by atoms with Crippen molar-refractivity contribution in [2.75, 3.05) is 12.4 Å². The minimum absolute atomic E-state index is 0.0551. The molecule has 4 aromatic rings. The highest BCUT2D eigenvalue weighted by molar-refractivity contribution is 7.13. The van der Waals surface area contributed by atoms with Crippen molar-refractivity contribution in [1.29, 1.82) is 0 Å². The number of benzene rings is 3. The van der Waals surface area contributed by atoms with E-state index in [1.54, 1.807) is 13.3 Å². The van der Waals surface area contributed by atoms with Crippen LogP contribution in [0, 0.1) is 5.41 Å². The van der Waals surface area contributed by atoms with E-state index >= 15 is 0 Å². The van der Waals surface area contributed by atoms with Crippen LogP contribution in [0.25, 0.3) is 11.1 Å². The molecule has 1 unspecified atom stereocenters. The lowest BCUT2D eigenvalue weighted by Gasteiger charge is -2.34. The van der Waals surface area contributed by atoms with Gasteiger partial charge in [-0.25, -0.2) is 4.98 Å². The van der Waals surface area contributed by atoms with E-state index < -0.39 is 5.41 Å². The van der Waals surface area contributed by atoms with Crippen LogP contribution >= 0.6 is 11.3 Å². The zero-order chi connectivity index (χ0) is 22.6. The number of thiazole rings is 1. The largest absolute Gasteiger partial charge is 0.497 e. The molecule has 4 nitrogen and oxygen atoms in total. The monoisotopic (exact) mass is 442 g/mol. The molecule has 0 aliphatic carbocycles. The van der Waals surface area contributed by atoms with Gasteiger partial charge in [-0.3, -0.25) is 4.79 Å². The number of nitrogens with one attached hydrogen (secondary N) is 1. The minimum Gasteiger partial charge on any atom is -0.497 e. The van der Waals surface area contributed by atoms with Crippen LogP contribution in [-0.2, 0) is 4.79 Å². The van der Waals surface area contributed by atoms with Crippen molar-refractivity contribution in [3.63, 3.8) is 0 Å². The second kappa shape index (κ2) is 9.37. The zero-order valence-electron chi connectivity index (χ0n) is 18.4. The number of carbonyl (C=O) groups is 1. The first-order valence-corrected chi connectivity index (χ1v) is 11.4. The first-order valence-electron chi connectivity index (χ1n) is 10.5. The van der Waals surface area contributed by atoms with Gasteiger partial charge >= 0.3 is 0 Å². The number of nitrogens with zero attached hydrogens (tertiary/aromatic N) is 1. The Hall–Kier alpha value is -3.44. The van der Waals surface area contributed by atoms with Crippen molar-refractivity contribution in [2.24, 2.45) is 5.41 Å². The van der Waals surface area contributed by atoms with Crippen molar-refractivity contribution in [1.82, 2.24) is 4.98 Å². The Morgan fingerprint density at radius 1 is 0.906 bits per heavy atom. The van der Waals surface area contributed by atoms with Crippen LogP contribution in [0.5, 0.6) is 5.75 Å². The van der Waals surface area contributed by atoms with Gasteiger partial charge in [0.15, 0.2) is 5.13 Å². The van der Waals surface area contributed by atoms with Gasteiger partial charge < -0.3 is 10.1 Å². The molecule has 0 fully saturated rings. The van der Waals surface area contributed by atoms with Crippen molar-refractivity contribution >= 4 is 22.4 Å². The summed E-state index contributed by atoms with van der Waals surface area (Å²) < 4.78 is 5.26. The second-order valence-corrected chi connectivity index (χ2v) is 9.10. The molecular formula is C27H26N2O2S. The molecule has 5 heteroatoms. The Morgan fingerprint density at radius 2 is 1.50 bits per heavy atom. The highest BCUT2D eigenvalue weighted by Gasteiger charge is 2.39. The third-order valence-corrected chi connectivity index (χ3v) is 6.45. The lowest BCUT2D eigenvalue weighted by atomic mass is 9.70. The van der Waals surface area contributed by atoms with Crippen LogP contribution in [0.3, 0.4) is 0 Å². The summed E-state index contributed by atoms with van der Waals surface area (Å²) >= 11 is 1.42. The maximum atomic E-state index is 13.3. The van der Waals surface area contributed by atoms with Crippen LogP contribution in [0.2, 0.25) is 0 Å². The first-order chi connectivity index (χ1) is 15.5. The maximum Gasteiger partial charge on any atom is 0.232 e. The third kappa shape index (κ3) is 4.58. The van der Waals surface area contributed by atoms with Gasteiger partial charge in [0.1, 0.15) is 5.75 Å². The van der Waals surface area contributed by atoms with Gasteiger partial charge in [0.05, 0.1) is 12.5 Å². The SMILES string of the molecule is COc1ccc(-c2ccc(C(c3ccccc3)C(C)(C)C(=O)Nc3nccs3)cc2)cc1. The predicted octanol–water partition coefficient (Wildman–Crippen LogP) is 6.62. The molecule has 1 N–H and O–H groups in total. The summed E-state index contributed by atoms with van der Waals surface area (Å²) in [6, 6.07) is 26.7. The van der Waals surface area contributed by atoms with Gasteiger partial charge in [0.2, 0.25) is 5.91 Å². The molecule has 0 aliphatic rings. The van der Waals surface area contributed by atoms with Crippen LogP contribution < -0.4 is 10.1 Å². The molecule has 1 atom stereocenters. The Bertz CT molecular complexity index is 1150. The van der Waals surface area contributed by atoms with Crippen molar-refractivity contribution in [3.8, 4) is 16.9 Å². The van der Waals surface area contributed by atoms with Gasteiger partial charge in [0, 0.05) is 17.5 Å². The number of aromatic nitrogens is 1. The summed E-state index contributed by atoms with van der Waals surface area (Å²) in [5.74, 6) is 0.664. The number of amides is 1. The molecule has 1 heterocycles. The van der Waals surface area contributed by atoms with Crippen LogP contribution in [-0.4, -0.2) is 18.0 Å². The van der Waals surface area contributed by atoms with E-state index in [2.05, 4.69) is 46.7 Å². The molecule has 4 rings (SSSR count). The molecule has 0 bridgehead atoms. The lowest BCUT2D eigenvalue weighted by molar-refractivity contribution is -0.124. The highest BCUT2D eigenvalue weighted by atomic mass is 32.1. The Morgan fingerprint density at radius 3 is 2.06 bits per heavy atom. The van der Waals surface area contributed by atoms with Gasteiger partial charge in [-0.05, 0) is 34.4 Å². The molecule has 0 aliphatic heterocycles. The maximum absolute atomic E-state index is 13.3. The quantitative estimate of drug-likeness (QED) is 0.350. The van der Waals surface area contributed by atoms with E-state index in [9.17, 15) is 4.79 Å². The number of anilines is 1. The fourth-order valence-corrected chi connectivity index (χ4v) is 4.52. The van der Waals surface area contributed by atoms with Gasteiger partial charge in [-0.15, -0.1) is 11.3 Å². The van der Waals surface area contributed by atoms with E-state index in [-0.39, 0.29) is 11.8 Å². The molecule has 3 aromatic carbocycles.